The van der Waals surface area contributed by atoms with E-state index in [0.717, 1.165) is 5.56 Å². The van der Waals surface area contributed by atoms with Gasteiger partial charge in [0.1, 0.15) is 4.88 Å². The van der Waals surface area contributed by atoms with Crippen molar-refractivity contribution in [3.8, 4) is 5.88 Å². The fraction of sp³-hybridized carbons (Fsp3) is 0.143. The predicted octanol–water partition coefficient (Wildman–Crippen LogP) is 2.86. The lowest BCUT2D eigenvalue weighted by molar-refractivity contribution is 0.0602. The van der Waals surface area contributed by atoms with E-state index in [1.165, 1.54) is 30.2 Å². The highest BCUT2D eigenvalue weighted by atomic mass is 32.2. The summed E-state index contributed by atoms with van der Waals surface area (Å²) in [6, 6.07) is 10.1. The number of methoxy groups -OCH3 is 2. The molecular weight excluding hydrogens is 438 g/mol. The van der Waals surface area contributed by atoms with Gasteiger partial charge in [-0.05, 0) is 35.2 Å². The number of fused-ring (bicyclic) bond motifs is 1. The van der Waals surface area contributed by atoms with Crippen LogP contribution in [0, 0.1) is 0 Å². The Morgan fingerprint density at radius 1 is 1.16 bits per heavy atom. The summed E-state index contributed by atoms with van der Waals surface area (Å²) in [5.74, 6) is -0.0409. The molecule has 0 saturated carbocycles. The van der Waals surface area contributed by atoms with Crippen molar-refractivity contribution in [1.82, 2.24) is 14.8 Å². The third kappa shape index (κ3) is 4.12. The number of hydrogen-bond acceptors (Lipinski definition) is 8. The van der Waals surface area contributed by atoms with Crippen molar-refractivity contribution in [3.05, 3.63) is 75.0 Å². The van der Waals surface area contributed by atoms with Gasteiger partial charge in [-0.2, -0.15) is 5.10 Å². The number of thiophene rings is 1. The number of ether oxygens (including phenoxy) is 2. The lowest BCUT2D eigenvalue weighted by Gasteiger charge is -2.08. The molecule has 0 spiro atoms. The number of hydrogen-bond donors (Lipinski definition) is 0. The summed E-state index contributed by atoms with van der Waals surface area (Å²) in [6.07, 6.45) is 3.19. The molecule has 4 rings (SSSR count). The highest BCUT2D eigenvalue weighted by molar-refractivity contribution is 7.85. The van der Waals surface area contributed by atoms with Gasteiger partial charge in [-0.1, -0.05) is 6.07 Å². The van der Waals surface area contributed by atoms with Crippen LogP contribution in [0.1, 0.15) is 15.2 Å². The molecule has 0 fully saturated rings. The second-order valence-corrected chi connectivity index (χ2v) is 8.80. The molecule has 10 heteroatoms. The van der Waals surface area contributed by atoms with Crippen LogP contribution in [0.15, 0.2) is 68.8 Å². The molecule has 1 atom stereocenters. The summed E-state index contributed by atoms with van der Waals surface area (Å²) in [5, 5.41) is 6.95. The Labute approximate surface area is 183 Å². The predicted molar refractivity (Wildman–Crippen MR) is 116 cm³/mol. The van der Waals surface area contributed by atoms with Crippen LogP contribution in [-0.2, 0) is 22.1 Å². The Kier molecular flexibility index (Phi) is 5.92. The number of esters is 1. The van der Waals surface area contributed by atoms with Gasteiger partial charge < -0.3 is 9.47 Å². The highest BCUT2D eigenvalue weighted by Gasteiger charge is 2.20. The summed E-state index contributed by atoms with van der Waals surface area (Å²) in [5.41, 5.74) is 0.539. The number of nitrogens with zero attached hydrogens (tertiary/aromatic N) is 3. The van der Waals surface area contributed by atoms with E-state index in [2.05, 4.69) is 10.1 Å². The van der Waals surface area contributed by atoms with E-state index < -0.39 is 16.8 Å². The summed E-state index contributed by atoms with van der Waals surface area (Å²) >= 11 is 1.17. The molecule has 3 aromatic heterocycles. The molecule has 4 aromatic rings. The van der Waals surface area contributed by atoms with Gasteiger partial charge in [-0.15, -0.1) is 11.3 Å². The van der Waals surface area contributed by atoms with Crippen molar-refractivity contribution in [2.45, 2.75) is 16.3 Å². The standard InChI is InChI=1S/C21H17N3O5S2/c1-28-18-6-3-13(10-22-18)12-24-20(25)16-5-4-15(9-14(16)11-23-24)31(27)17-7-8-30-19(17)21(26)29-2/h3-11H,12H2,1-2H3. The second-order valence-electron chi connectivity index (χ2n) is 6.44. The molecule has 0 bridgehead atoms. The lowest BCUT2D eigenvalue weighted by atomic mass is 10.2. The van der Waals surface area contributed by atoms with Crippen LogP contribution in [0.5, 0.6) is 5.88 Å². The Bertz CT molecular complexity index is 1350. The molecular formula is C21H17N3O5S2. The van der Waals surface area contributed by atoms with Crippen LogP contribution in [0.2, 0.25) is 0 Å². The summed E-state index contributed by atoms with van der Waals surface area (Å²) in [7, 11) is 1.22. The molecule has 0 saturated heterocycles. The zero-order valence-corrected chi connectivity index (χ0v) is 18.2. The Hall–Kier alpha value is -3.37. The number of rotatable bonds is 6. The maximum Gasteiger partial charge on any atom is 0.349 e. The average Bonchev–Trinajstić information content (AvgIpc) is 3.30. The first kappa shape index (κ1) is 20.9. The van der Waals surface area contributed by atoms with Gasteiger partial charge in [-0.3, -0.25) is 4.79 Å². The fourth-order valence-electron chi connectivity index (χ4n) is 3.00. The average molecular weight is 456 g/mol. The summed E-state index contributed by atoms with van der Waals surface area (Å²) < 4.78 is 24.2. The van der Waals surface area contributed by atoms with Crippen LogP contribution < -0.4 is 10.3 Å². The van der Waals surface area contributed by atoms with Crippen LogP contribution in [-0.4, -0.2) is 39.2 Å². The Morgan fingerprint density at radius 3 is 2.71 bits per heavy atom. The quantitative estimate of drug-likeness (QED) is 0.412. The first-order valence-electron chi connectivity index (χ1n) is 9.08. The Morgan fingerprint density at radius 2 is 2.00 bits per heavy atom. The maximum atomic E-state index is 13.0. The third-order valence-electron chi connectivity index (χ3n) is 4.58. The van der Waals surface area contributed by atoms with Crippen molar-refractivity contribution in [2.24, 2.45) is 0 Å². The van der Waals surface area contributed by atoms with E-state index in [1.54, 1.807) is 48.1 Å². The molecule has 8 nitrogen and oxygen atoms in total. The van der Waals surface area contributed by atoms with Gasteiger partial charge in [-0.25, -0.2) is 18.7 Å². The molecule has 1 unspecified atom stereocenters. The van der Waals surface area contributed by atoms with Gasteiger partial charge in [0.25, 0.3) is 5.56 Å². The van der Waals surface area contributed by atoms with E-state index in [0.29, 0.717) is 31.3 Å². The molecule has 0 amide bonds. The normalized spacial score (nSPS) is 11.9. The minimum atomic E-state index is -1.60. The van der Waals surface area contributed by atoms with Gasteiger partial charge in [0.15, 0.2) is 0 Å². The van der Waals surface area contributed by atoms with Crippen molar-refractivity contribution >= 4 is 38.9 Å². The Balaban J connectivity index is 1.65. The maximum absolute atomic E-state index is 13.0. The lowest BCUT2D eigenvalue weighted by Crippen LogP contribution is -2.23. The van der Waals surface area contributed by atoms with Crippen LogP contribution in [0.3, 0.4) is 0 Å². The van der Waals surface area contributed by atoms with Gasteiger partial charge in [0.2, 0.25) is 5.88 Å². The molecule has 0 N–H and O–H groups in total. The second kappa shape index (κ2) is 8.78. The minimum Gasteiger partial charge on any atom is -0.481 e. The van der Waals surface area contributed by atoms with E-state index in [9.17, 15) is 13.8 Å². The van der Waals surface area contributed by atoms with Crippen molar-refractivity contribution < 1.29 is 18.5 Å². The van der Waals surface area contributed by atoms with E-state index in [-0.39, 0.29) is 12.1 Å². The van der Waals surface area contributed by atoms with Gasteiger partial charge in [0, 0.05) is 22.5 Å². The molecule has 0 radical (unpaired) electrons. The van der Waals surface area contributed by atoms with Gasteiger partial charge in [0.05, 0.1) is 48.0 Å². The fourth-order valence-corrected chi connectivity index (χ4v) is 5.29. The van der Waals surface area contributed by atoms with E-state index in [4.69, 9.17) is 9.47 Å². The molecule has 31 heavy (non-hydrogen) atoms. The molecule has 0 aliphatic heterocycles. The van der Waals surface area contributed by atoms with Crippen molar-refractivity contribution in [3.63, 3.8) is 0 Å². The van der Waals surface area contributed by atoms with Crippen molar-refractivity contribution in [1.29, 1.82) is 0 Å². The molecule has 3 heterocycles. The monoisotopic (exact) mass is 455 g/mol. The SMILES string of the molecule is COC(=O)c1sccc1S(=O)c1ccc2c(=O)n(Cc3ccc(OC)nc3)ncc2c1. The number of carbonyl (C=O) groups excluding carboxylic acids is 1. The van der Waals surface area contributed by atoms with Gasteiger partial charge >= 0.3 is 5.97 Å². The van der Waals surface area contributed by atoms with Crippen LogP contribution in [0.25, 0.3) is 10.8 Å². The highest BCUT2D eigenvalue weighted by Crippen LogP contribution is 2.27. The zero-order valence-electron chi connectivity index (χ0n) is 16.6. The molecule has 158 valence electrons. The third-order valence-corrected chi connectivity index (χ3v) is 7.02. The molecule has 0 aliphatic carbocycles. The van der Waals surface area contributed by atoms with E-state index in [1.807, 2.05) is 6.07 Å². The number of benzene rings is 1. The number of carbonyl (C=O) groups is 1. The number of pyridine rings is 1. The van der Waals surface area contributed by atoms with Crippen molar-refractivity contribution in [2.75, 3.05) is 14.2 Å². The summed E-state index contributed by atoms with van der Waals surface area (Å²) in [4.78, 5) is 30.0. The summed E-state index contributed by atoms with van der Waals surface area (Å²) in [6.45, 7) is 0.261. The zero-order chi connectivity index (χ0) is 22.0. The first-order chi connectivity index (χ1) is 15.0. The number of aromatic nitrogens is 3. The largest absolute Gasteiger partial charge is 0.481 e. The van der Waals surface area contributed by atoms with E-state index >= 15 is 0 Å². The molecule has 0 aliphatic rings. The minimum absolute atomic E-state index is 0.261. The topological polar surface area (TPSA) is 100 Å². The smallest absolute Gasteiger partial charge is 0.349 e. The molecule has 1 aromatic carbocycles. The van der Waals surface area contributed by atoms with Crippen LogP contribution >= 0.6 is 11.3 Å². The first-order valence-corrected chi connectivity index (χ1v) is 11.1. The van der Waals surface area contributed by atoms with Crippen LogP contribution in [0.4, 0.5) is 0 Å².